The normalized spacial score (nSPS) is 16.8. The molecular formula is C26H41NO4SSi. The Hall–Kier alpha value is -1.73. The minimum Gasteiger partial charge on any atom is -0.543 e. The predicted octanol–water partition coefficient (Wildman–Crippen LogP) is 7.16. The number of Topliss-reactive ketones (excluding diaryl/α,β-unsaturated/α-hetero) is 1. The van der Waals surface area contributed by atoms with Gasteiger partial charge in [0.15, 0.2) is 5.78 Å². The van der Waals surface area contributed by atoms with Crippen LogP contribution in [0.5, 0.6) is 5.75 Å². The molecular weight excluding hydrogens is 450 g/mol. The molecule has 5 nitrogen and oxygen atoms in total. The van der Waals surface area contributed by atoms with Crippen LogP contribution in [0, 0.1) is 0 Å². The van der Waals surface area contributed by atoms with Crippen LogP contribution in [0.25, 0.3) is 0 Å². The van der Waals surface area contributed by atoms with Gasteiger partial charge in [0.2, 0.25) is 0 Å². The van der Waals surface area contributed by atoms with Crippen molar-refractivity contribution >= 4 is 32.0 Å². The molecule has 0 aliphatic carbocycles. The van der Waals surface area contributed by atoms with Crippen LogP contribution < -0.4 is 4.43 Å². The van der Waals surface area contributed by atoms with Crippen molar-refractivity contribution < 1.29 is 18.8 Å². The SMILES string of the molecule is C=C(C)C(=O)C[C@H]1c2cc(SC)c(O[Si](C)(C)C(C)(C)C)cc2CCN1C(=O)OC(C)(C)C. The average molecular weight is 492 g/mol. The van der Waals surface area contributed by atoms with Gasteiger partial charge in [0.1, 0.15) is 11.4 Å². The molecule has 0 saturated carbocycles. The van der Waals surface area contributed by atoms with Gasteiger partial charge in [-0.15, -0.1) is 11.8 Å². The number of hydrogen-bond acceptors (Lipinski definition) is 5. The van der Waals surface area contributed by atoms with E-state index in [1.807, 2.05) is 27.0 Å². The van der Waals surface area contributed by atoms with Gasteiger partial charge in [-0.2, -0.15) is 0 Å². The van der Waals surface area contributed by atoms with Crippen LogP contribution >= 0.6 is 11.8 Å². The molecule has 0 radical (unpaired) electrons. The second-order valence-corrected chi connectivity index (χ2v) is 17.0. The first kappa shape index (κ1) is 27.5. The quantitative estimate of drug-likeness (QED) is 0.240. The number of fused-ring (bicyclic) bond motifs is 1. The highest BCUT2D eigenvalue weighted by Gasteiger charge is 2.40. The number of amides is 1. The van der Waals surface area contributed by atoms with Crippen molar-refractivity contribution in [2.45, 2.75) is 96.0 Å². The maximum atomic E-state index is 13.1. The molecule has 2 rings (SSSR count). The lowest BCUT2D eigenvalue weighted by Crippen LogP contribution is -2.45. The summed E-state index contributed by atoms with van der Waals surface area (Å²) in [4.78, 5) is 28.5. The van der Waals surface area contributed by atoms with E-state index in [0.717, 1.165) is 21.8 Å². The molecule has 1 aliphatic heterocycles. The number of thioether (sulfide) groups is 1. The Morgan fingerprint density at radius 1 is 1.18 bits per heavy atom. The molecule has 1 aromatic rings. The molecule has 0 bridgehead atoms. The highest BCUT2D eigenvalue weighted by Crippen LogP contribution is 2.43. The Morgan fingerprint density at radius 2 is 1.79 bits per heavy atom. The van der Waals surface area contributed by atoms with E-state index in [9.17, 15) is 9.59 Å². The van der Waals surface area contributed by atoms with E-state index in [2.05, 4.69) is 52.6 Å². The van der Waals surface area contributed by atoms with E-state index in [1.54, 1.807) is 23.6 Å². The summed E-state index contributed by atoms with van der Waals surface area (Å²) in [7, 11) is -2.02. The summed E-state index contributed by atoms with van der Waals surface area (Å²) < 4.78 is 12.4. The molecule has 1 aromatic carbocycles. The summed E-state index contributed by atoms with van der Waals surface area (Å²) in [5.74, 6) is 0.859. The second kappa shape index (κ2) is 9.86. The average Bonchev–Trinajstić information content (AvgIpc) is 2.64. The lowest BCUT2D eigenvalue weighted by atomic mass is 9.88. The van der Waals surface area contributed by atoms with Crippen molar-refractivity contribution in [1.29, 1.82) is 0 Å². The third-order valence-electron chi connectivity index (χ3n) is 6.44. The topological polar surface area (TPSA) is 55.8 Å². The number of carbonyl (C=O) groups excluding carboxylic acids is 2. The van der Waals surface area contributed by atoms with Gasteiger partial charge in [0.25, 0.3) is 8.32 Å². The number of allylic oxidation sites excluding steroid dienone is 1. The maximum absolute atomic E-state index is 13.1. The van der Waals surface area contributed by atoms with Gasteiger partial charge in [-0.25, -0.2) is 4.79 Å². The third kappa shape index (κ3) is 6.66. The zero-order valence-corrected chi connectivity index (χ0v) is 23.9. The van der Waals surface area contributed by atoms with Gasteiger partial charge in [-0.1, -0.05) is 27.4 Å². The highest BCUT2D eigenvalue weighted by molar-refractivity contribution is 7.98. The minimum absolute atomic E-state index is 0.0475. The molecule has 33 heavy (non-hydrogen) atoms. The number of carbonyl (C=O) groups is 2. The summed E-state index contributed by atoms with van der Waals surface area (Å²) >= 11 is 1.63. The van der Waals surface area contributed by atoms with Crippen LogP contribution in [0.2, 0.25) is 18.1 Å². The van der Waals surface area contributed by atoms with Crippen molar-refractivity contribution in [3.63, 3.8) is 0 Å². The van der Waals surface area contributed by atoms with Crippen LogP contribution in [-0.2, 0) is 16.0 Å². The molecule has 1 aliphatic rings. The first-order valence-corrected chi connectivity index (χ1v) is 15.7. The number of ketones is 1. The molecule has 7 heteroatoms. The maximum Gasteiger partial charge on any atom is 0.410 e. The Bertz CT molecular complexity index is 927. The molecule has 0 spiro atoms. The van der Waals surface area contributed by atoms with Gasteiger partial charge in [0, 0.05) is 17.9 Å². The lowest BCUT2D eigenvalue weighted by Gasteiger charge is -2.40. The molecule has 0 fully saturated rings. The Morgan fingerprint density at radius 3 is 2.27 bits per heavy atom. The van der Waals surface area contributed by atoms with Crippen molar-refractivity contribution in [2.75, 3.05) is 12.8 Å². The smallest absolute Gasteiger partial charge is 0.410 e. The first-order chi connectivity index (χ1) is 15.0. The summed E-state index contributed by atoms with van der Waals surface area (Å²) in [5, 5.41) is 0.0858. The van der Waals surface area contributed by atoms with Gasteiger partial charge in [0.05, 0.1) is 6.04 Å². The Balaban J connectivity index is 2.53. The van der Waals surface area contributed by atoms with E-state index < -0.39 is 13.9 Å². The van der Waals surface area contributed by atoms with Crippen LogP contribution in [0.3, 0.4) is 0 Å². The Labute approximate surface area is 205 Å². The van der Waals surface area contributed by atoms with Crippen molar-refractivity contribution in [3.8, 4) is 5.75 Å². The molecule has 0 unspecified atom stereocenters. The van der Waals surface area contributed by atoms with E-state index in [1.165, 1.54) is 0 Å². The third-order valence-corrected chi connectivity index (χ3v) is 11.5. The van der Waals surface area contributed by atoms with Crippen LogP contribution in [0.1, 0.15) is 72.1 Å². The molecule has 0 aromatic heterocycles. The zero-order valence-electron chi connectivity index (χ0n) is 22.0. The van der Waals surface area contributed by atoms with E-state index in [-0.39, 0.29) is 29.4 Å². The molecule has 1 amide bonds. The standard InChI is InChI=1S/C26H41NO4SSi/c1-17(2)21(28)16-20-19-15-23(32-9)22(31-33(10,11)26(6,7)8)14-18(19)12-13-27(20)24(29)30-25(3,4)5/h14-15,20H,1,12-13,16H2,2-11H3/t20-/m0/s1. The van der Waals surface area contributed by atoms with Gasteiger partial charge >= 0.3 is 6.09 Å². The summed E-state index contributed by atoms with van der Waals surface area (Å²) in [5.41, 5.74) is 2.01. The van der Waals surface area contributed by atoms with Crippen molar-refractivity contribution in [1.82, 2.24) is 4.90 Å². The van der Waals surface area contributed by atoms with E-state index >= 15 is 0 Å². The first-order valence-electron chi connectivity index (χ1n) is 11.5. The monoisotopic (exact) mass is 491 g/mol. The fraction of sp³-hybridized carbons (Fsp3) is 0.615. The van der Waals surface area contributed by atoms with Crippen LogP contribution in [-0.4, -0.2) is 43.5 Å². The molecule has 1 heterocycles. The fourth-order valence-corrected chi connectivity index (χ4v) is 5.13. The molecule has 0 N–H and O–H groups in total. The predicted molar refractivity (Wildman–Crippen MR) is 140 cm³/mol. The molecule has 184 valence electrons. The van der Waals surface area contributed by atoms with Crippen molar-refractivity contribution in [3.05, 3.63) is 35.4 Å². The summed E-state index contributed by atoms with van der Waals surface area (Å²) in [6.07, 6.45) is 2.52. The van der Waals surface area contributed by atoms with Gasteiger partial charge in [-0.05, 0) is 87.3 Å². The number of ether oxygens (including phenoxy) is 1. The Kier molecular flexibility index (Phi) is 8.22. The van der Waals surface area contributed by atoms with E-state index in [0.29, 0.717) is 18.5 Å². The number of hydrogen-bond donors (Lipinski definition) is 0. The zero-order chi connectivity index (χ0) is 25.4. The minimum atomic E-state index is -2.02. The fourth-order valence-electron chi connectivity index (χ4n) is 3.49. The van der Waals surface area contributed by atoms with Crippen molar-refractivity contribution in [2.24, 2.45) is 0 Å². The number of benzene rings is 1. The van der Waals surface area contributed by atoms with Gasteiger partial charge < -0.3 is 14.1 Å². The van der Waals surface area contributed by atoms with Crippen LogP contribution in [0.15, 0.2) is 29.2 Å². The highest BCUT2D eigenvalue weighted by atomic mass is 32.2. The summed E-state index contributed by atoms with van der Waals surface area (Å²) in [6, 6.07) is 3.85. The number of rotatable bonds is 6. The second-order valence-electron chi connectivity index (χ2n) is 11.4. The summed E-state index contributed by atoms with van der Waals surface area (Å²) in [6.45, 7) is 22.8. The van der Waals surface area contributed by atoms with E-state index in [4.69, 9.17) is 9.16 Å². The largest absolute Gasteiger partial charge is 0.543 e. The lowest BCUT2D eigenvalue weighted by molar-refractivity contribution is -0.116. The molecule has 0 saturated heterocycles. The van der Waals surface area contributed by atoms with Crippen LogP contribution in [0.4, 0.5) is 4.79 Å². The number of nitrogens with zero attached hydrogens (tertiary/aromatic N) is 1. The van der Waals surface area contributed by atoms with Gasteiger partial charge in [-0.3, -0.25) is 4.79 Å². The molecule has 1 atom stereocenters.